The lowest BCUT2D eigenvalue weighted by molar-refractivity contribution is -0.152. The van der Waals surface area contributed by atoms with Crippen LogP contribution in [0.3, 0.4) is 0 Å². The monoisotopic (exact) mass is 446 g/mol. The molecule has 0 heterocycles. The van der Waals surface area contributed by atoms with Crippen molar-refractivity contribution in [3.05, 3.63) is 59.9 Å². The van der Waals surface area contributed by atoms with Crippen LogP contribution in [0.4, 0.5) is 15.8 Å². The first kappa shape index (κ1) is 24.4. The van der Waals surface area contributed by atoms with E-state index in [-0.39, 0.29) is 11.7 Å². The van der Waals surface area contributed by atoms with Gasteiger partial charge in [-0.15, -0.1) is 11.8 Å². The Labute approximate surface area is 185 Å². The fraction of sp³-hybridized carbons (Fsp3) is 0.348. The second kappa shape index (κ2) is 11.5. The molecule has 0 saturated carbocycles. The number of ether oxygens (including phenoxy) is 1. The Kier molecular flexibility index (Phi) is 9.05. The largest absolute Gasteiger partial charge is 0.452 e. The molecule has 166 valence electrons. The number of halogens is 1. The second-order valence-electron chi connectivity index (χ2n) is 7.35. The van der Waals surface area contributed by atoms with Crippen molar-refractivity contribution in [3.8, 4) is 0 Å². The molecule has 0 saturated heterocycles. The van der Waals surface area contributed by atoms with E-state index in [1.54, 1.807) is 19.1 Å². The third-order valence-corrected chi connectivity index (χ3v) is 5.55. The highest BCUT2D eigenvalue weighted by Gasteiger charge is 2.23. The molecule has 2 amide bonds. The Morgan fingerprint density at radius 2 is 1.45 bits per heavy atom. The fourth-order valence-corrected chi connectivity index (χ4v) is 3.18. The molecule has 0 aromatic heterocycles. The Morgan fingerprint density at radius 1 is 0.903 bits per heavy atom. The summed E-state index contributed by atoms with van der Waals surface area (Å²) >= 11 is 1.08. The van der Waals surface area contributed by atoms with Gasteiger partial charge in [0, 0.05) is 11.4 Å². The van der Waals surface area contributed by atoms with Gasteiger partial charge in [0.25, 0.3) is 5.91 Å². The number of hydrogen-bond acceptors (Lipinski definition) is 5. The van der Waals surface area contributed by atoms with Crippen LogP contribution in [0.1, 0.15) is 39.2 Å². The molecular weight excluding hydrogens is 419 g/mol. The highest BCUT2D eigenvalue weighted by atomic mass is 32.2. The average molecular weight is 447 g/mol. The lowest BCUT2D eigenvalue weighted by Gasteiger charge is -2.17. The van der Waals surface area contributed by atoms with Crippen LogP contribution in [0.5, 0.6) is 0 Å². The van der Waals surface area contributed by atoms with Crippen molar-refractivity contribution in [3.63, 3.8) is 0 Å². The van der Waals surface area contributed by atoms with E-state index < -0.39 is 29.0 Å². The maximum Gasteiger partial charge on any atom is 0.319 e. The summed E-state index contributed by atoms with van der Waals surface area (Å²) in [7, 11) is 0. The number of nitrogens with one attached hydrogen (secondary N) is 2. The smallest absolute Gasteiger partial charge is 0.319 e. The number of anilines is 2. The molecule has 2 rings (SSSR count). The molecular formula is C23H27FN2O4S. The van der Waals surface area contributed by atoms with E-state index in [9.17, 15) is 18.8 Å². The second-order valence-corrected chi connectivity index (χ2v) is 8.68. The minimum atomic E-state index is -0.978. The van der Waals surface area contributed by atoms with Gasteiger partial charge in [0.2, 0.25) is 5.91 Å². The molecule has 0 fully saturated rings. The van der Waals surface area contributed by atoms with Gasteiger partial charge in [-0.3, -0.25) is 14.4 Å². The zero-order chi connectivity index (χ0) is 23.0. The van der Waals surface area contributed by atoms with Crippen molar-refractivity contribution in [2.24, 2.45) is 0 Å². The molecule has 0 aliphatic rings. The van der Waals surface area contributed by atoms with Crippen molar-refractivity contribution < 1.29 is 23.5 Å². The molecule has 2 atom stereocenters. The van der Waals surface area contributed by atoms with E-state index in [1.807, 2.05) is 12.1 Å². The summed E-state index contributed by atoms with van der Waals surface area (Å²) in [5, 5.41) is 4.70. The summed E-state index contributed by atoms with van der Waals surface area (Å²) in [6, 6.07) is 12.9. The first-order valence-electron chi connectivity index (χ1n) is 9.94. The van der Waals surface area contributed by atoms with Crippen molar-refractivity contribution in [2.75, 3.05) is 16.4 Å². The van der Waals surface area contributed by atoms with E-state index >= 15 is 0 Å². The number of amides is 2. The van der Waals surface area contributed by atoms with Crippen LogP contribution in [-0.4, -0.2) is 34.9 Å². The summed E-state index contributed by atoms with van der Waals surface area (Å²) in [5.74, 6) is -1.34. The Morgan fingerprint density at radius 3 is 2.03 bits per heavy atom. The molecule has 0 spiro atoms. The molecule has 2 aromatic rings. The number of carbonyl (C=O) groups excluding carboxylic acids is 3. The Balaban J connectivity index is 1.76. The third kappa shape index (κ3) is 8.05. The predicted octanol–water partition coefficient (Wildman–Crippen LogP) is 4.58. The fourth-order valence-electron chi connectivity index (χ4n) is 2.52. The van der Waals surface area contributed by atoms with E-state index in [1.165, 1.54) is 31.2 Å². The molecule has 31 heavy (non-hydrogen) atoms. The van der Waals surface area contributed by atoms with Gasteiger partial charge in [-0.2, -0.15) is 0 Å². The number of rotatable bonds is 9. The van der Waals surface area contributed by atoms with Gasteiger partial charge in [-0.25, -0.2) is 4.39 Å². The maximum atomic E-state index is 12.9. The molecule has 2 unspecified atom stereocenters. The van der Waals surface area contributed by atoms with Crippen LogP contribution in [0.15, 0.2) is 48.5 Å². The van der Waals surface area contributed by atoms with Crippen molar-refractivity contribution in [1.29, 1.82) is 0 Å². The topological polar surface area (TPSA) is 84.5 Å². The van der Waals surface area contributed by atoms with Crippen molar-refractivity contribution in [2.45, 2.75) is 45.0 Å². The summed E-state index contributed by atoms with van der Waals surface area (Å²) < 4.78 is 18.1. The van der Waals surface area contributed by atoms with Crippen LogP contribution in [0, 0.1) is 5.82 Å². The summed E-state index contributed by atoms with van der Waals surface area (Å²) in [6.07, 6.45) is -0.978. The molecule has 8 heteroatoms. The normalized spacial score (nSPS) is 12.7. The van der Waals surface area contributed by atoms with Gasteiger partial charge < -0.3 is 15.4 Å². The lowest BCUT2D eigenvalue weighted by atomic mass is 10.0. The number of thioether (sulfide) groups is 1. The Hall–Kier alpha value is -2.87. The van der Waals surface area contributed by atoms with Crippen LogP contribution in [0.2, 0.25) is 0 Å². The molecule has 2 aromatic carbocycles. The number of esters is 1. The number of carbonyl (C=O) groups is 3. The van der Waals surface area contributed by atoms with Gasteiger partial charge in [0.15, 0.2) is 6.10 Å². The first-order valence-corrected chi connectivity index (χ1v) is 11.0. The van der Waals surface area contributed by atoms with Crippen molar-refractivity contribution >= 4 is 40.9 Å². The van der Waals surface area contributed by atoms with E-state index in [2.05, 4.69) is 24.5 Å². The van der Waals surface area contributed by atoms with E-state index in [0.29, 0.717) is 17.3 Å². The molecule has 0 radical (unpaired) electrons. The van der Waals surface area contributed by atoms with Crippen LogP contribution < -0.4 is 10.6 Å². The summed E-state index contributed by atoms with van der Waals surface area (Å²) in [6.45, 7) is 7.27. The zero-order valence-electron chi connectivity index (χ0n) is 18.0. The first-order chi connectivity index (χ1) is 14.7. The van der Waals surface area contributed by atoms with Crippen LogP contribution in [-0.2, 0) is 19.1 Å². The quantitative estimate of drug-likeness (QED) is 0.551. The van der Waals surface area contributed by atoms with Crippen molar-refractivity contribution in [1.82, 2.24) is 0 Å². The number of hydrogen-bond donors (Lipinski definition) is 2. The molecule has 0 bridgehead atoms. The SMILES string of the molecule is CC(OC(=O)C(C)SCC(=O)Nc1ccc(F)cc1)C(=O)Nc1ccc(C(C)C)cc1. The third-order valence-electron chi connectivity index (χ3n) is 4.43. The molecule has 2 N–H and O–H groups in total. The summed E-state index contributed by atoms with van der Waals surface area (Å²) in [5.41, 5.74) is 2.25. The summed E-state index contributed by atoms with van der Waals surface area (Å²) in [4.78, 5) is 36.5. The van der Waals surface area contributed by atoms with Crippen LogP contribution >= 0.6 is 11.8 Å². The van der Waals surface area contributed by atoms with E-state index in [0.717, 1.165) is 17.3 Å². The minimum absolute atomic E-state index is 0.0103. The standard InChI is InChI=1S/C23H27FN2O4S/c1-14(2)17-5-9-20(10-6-17)26-22(28)15(3)30-23(29)16(4)31-13-21(27)25-19-11-7-18(24)8-12-19/h5-12,14-16H,13H2,1-4H3,(H,25,27)(H,26,28). The zero-order valence-corrected chi connectivity index (χ0v) is 18.8. The highest BCUT2D eigenvalue weighted by Crippen LogP contribution is 2.18. The molecule has 6 nitrogen and oxygen atoms in total. The number of benzene rings is 2. The van der Waals surface area contributed by atoms with Gasteiger partial charge >= 0.3 is 5.97 Å². The average Bonchev–Trinajstić information content (AvgIpc) is 2.73. The minimum Gasteiger partial charge on any atom is -0.452 e. The highest BCUT2D eigenvalue weighted by molar-refractivity contribution is 8.01. The predicted molar refractivity (Wildman–Crippen MR) is 122 cm³/mol. The lowest BCUT2D eigenvalue weighted by Crippen LogP contribution is -2.33. The molecule has 0 aliphatic carbocycles. The van der Waals surface area contributed by atoms with Gasteiger partial charge in [-0.1, -0.05) is 26.0 Å². The molecule has 0 aliphatic heterocycles. The van der Waals surface area contributed by atoms with Gasteiger partial charge in [0.1, 0.15) is 11.1 Å². The van der Waals surface area contributed by atoms with Crippen LogP contribution in [0.25, 0.3) is 0 Å². The Bertz CT molecular complexity index is 901. The van der Waals surface area contributed by atoms with Gasteiger partial charge in [0.05, 0.1) is 5.75 Å². The maximum absolute atomic E-state index is 12.9. The van der Waals surface area contributed by atoms with Gasteiger partial charge in [-0.05, 0) is 61.7 Å². The van der Waals surface area contributed by atoms with E-state index in [4.69, 9.17) is 4.74 Å².